The zero-order valence-electron chi connectivity index (χ0n) is 13.7. The molecule has 0 aliphatic rings. The van der Waals surface area contributed by atoms with E-state index in [0.717, 1.165) is 22.8 Å². The average Bonchev–Trinajstić information content (AvgIpc) is 2.93. The number of hydrogen-bond acceptors (Lipinski definition) is 4. The third-order valence-electron chi connectivity index (χ3n) is 3.65. The Morgan fingerprint density at radius 2 is 1.96 bits per heavy atom. The highest BCUT2D eigenvalue weighted by Gasteiger charge is 2.07. The maximum Gasteiger partial charge on any atom is 0.224 e. The molecule has 0 fully saturated rings. The van der Waals surface area contributed by atoms with Gasteiger partial charge < -0.3 is 5.32 Å². The number of aromatic nitrogens is 4. The predicted molar refractivity (Wildman–Crippen MR) is 92.0 cm³/mol. The highest BCUT2D eigenvalue weighted by atomic mass is 16.1. The molecule has 0 aliphatic heterocycles. The third kappa shape index (κ3) is 3.84. The van der Waals surface area contributed by atoms with Crippen LogP contribution in [0.3, 0.4) is 0 Å². The van der Waals surface area contributed by atoms with Crippen molar-refractivity contribution in [2.75, 3.05) is 5.32 Å². The summed E-state index contributed by atoms with van der Waals surface area (Å²) in [7, 11) is 0. The van der Waals surface area contributed by atoms with Gasteiger partial charge in [0, 0.05) is 24.5 Å². The van der Waals surface area contributed by atoms with E-state index in [9.17, 15) is 4.79 Å². The summed E-state index contributed by atoms with van der Waals surface area (Å²) >= 11 is 0. The topological polar surface area (TPSA) is 72.7 Å². The second-order valence-corrected chi connectivity index (χ2v) is 5.65. The first-order valence-corrected chi connectivity index (χ1v) is 7.80. The summed E-state index contributed by atoms with van der Waals surface area (Å²) in [6.45, 7) is 3.93. The summed E-state index contributed by atoms with van der Waals surface area (Å²) in [4.78, 5) is 20.4. The summed E-state index contributed by atoms with van der Waals surface area (Å²) in [6.07, 6.45) is 6.22. The van der Waals surface area contributed by atoms with E-state index in [1.807, 2.05) is 44.2 Å². The van der Waals surface area contributed by atoms with E-state index in [4.69, 9.17) is 0 Å². The molecule has 0 atom stereocenters. The Balaban J connectivity index is 1.60. The number of carbonyl (C=O) groups is 1. The molecule has 0 aliphatic carbocycles. The highest BCUT2D eigenvalue weighted by Crippen LogP contribution is 2.13. The minimum absolute atomic E-state index is 0.0347. The van der Waals surface area contributed by atoms with Crippen molar-refractivity contribution >= 4 is 11.6 Å². The number of pyridine rings is 2. The first kappa shape index (κ1) is 15.9. The Hall–Kier alpha value is -3.02. The Bertz CT molecular complexity index is 824. The van der Waals surface area contributed by atoms with Gasteiger partial charge in [0.05, 0.1) is 17.6 Å². The molecule has 1 amide bonds. The summed E-state index contributed by atoms with van der Waals surface area (Å²) in [6, 6.07) is 9.51. The van der Waals surface area contributed by atoms with Crippen molar-refractivity contribution in [2.24, 2.45) is 0 Å². The van der Waals surface area contributed by atoms with Gasteiger partial charge in [0.25, 0.3) is 0 Å². The standard InChI is InChI=1S/C18H19N5O/c1-13-11-14(2)23(22-13)17-5-4-16(12-20-17)21-18(24)6-3-15-7-9-19-10-8-15/h4-5,7-12H,3,6H2,1-2H3,(H,21,24). The van der Waals surface area contributed by atoms with Crippen LogP contribution in [0.15, 0.2) is 48.9 Å². The van der Waals surface area contributed by atoms with E-state index in [0.29, 0.717) is 18.5 Å². The fraction of sp³-hybridized carbons (Fsp3) is 0.222. The lowest BCUT2D eigenvalue weighted by Gasteiger charge is -2.07. The molecule has 122 valence electrons. The first-order chi connectivity index (χ1) is 11.6. The fourth-order valence-electron chi connectivity index (χ4n) is 2.48. The largest absolute Gasteiger partial charge is 0.325 e. The molecule has 24 heavy (non-hydrogen) atoms. The molecule has 0 unspecified atom stereocenters. The van der Waals surface area contributed by atoms with Crippen LogP contribution in [-0.2, 0) is 11.2 Å². The Morgan fingerprint density at radius 1 is 1.17 bits per heavy atom. The number of nitrogens with zero attached hydrogens (tertiary/aromatic N) is 4. The van der Waals surface area contributed by atoms with Crippen molar-refractivity contribution in [3.05, 3.63) is 65.9 Å². The minimum Gasteiger partial charge on any atom is -0.325 e. The lowest BCUT2D eigenvalue weighted by molar-refractivity contribution is -0.116. The number of carbonyl (C=O) groups excluding carboxylic acids is 1. The molecule has 3 aromatic rings. The Morgan fingerprint density at radius 3 is 2.58 bits per heavy atom. The monoisotopic (exact) mass is 321 g/mol. The smallest absolute Gasteiger partial charge is 0.224 e. The van der Waals surface area contributed by atoms with Crippen LogP contribution in [0.2, 0.25) is 0 Å². The maximum absolute atomic E-state index is 12.0. The zero-order chi connectivity index (χ0) is 16.9. The summed E-state index contributed by atoms with van der Waals surface area (Å²) < 4.78 is 1.78. The van der Waals surface area contributed by atoms with Gasteiger partial charge in [0.2, 0.25) is 5.91 Å². The first-order valence-electron chi connectivity index (χ1n) is 7.80. The van der Waals surface area contributed by atoms with Gasteiger partial charge >= 0.3 is 0 Å². The molecule has 0 saturated heterocycles. The van der Waals surface area contributed by atoms with Gasteiger partial charge in [-0.25, -0.2) is 9.67 Å². The maximum atomic E-state index is 12.0. The molecule has 6 heteroatoms. The number of anilines is 1. The van der Waals surface area contributed by atoms with Crippen molar-refractivity contribution < 1.29 is 4.79 Å². The summed E-state index contributed by atoms with van der Waals surface area (Å²) in [5.74, 6) is 0.697. The predicted octanol–water partition coefficient (Wildman–Crippen LogP) is 2.85. The number of nitrogens with one attached hydrogen (secondary N) is 1. The second-order valence-electron chi connectivity index (χ2n) is 5.65. The van der Waals surface area contributed by atoms with Gasteiger partial charge in [-0.2, -0.15) is 5.10 Å². The van der Waals surface area contributed by atoms with Crippen molar-refractivity contribution in [1.82, 2.24) is 19.7 Å². The van der Waals surface area contributed by atoms with E-state index in [2.05, 4.69) is 20.4 Å². The molecule has 0 aromatic carbocycles. The van der Waals surface area contributed by atoms with Crippen LogP contribution in [0.1, 0.15) is 23.4 Å². The molecule has 0 bridgehead atoms. The quantitative estimate of drug-likeness (QED) is 0.784. The zero-order valence-corrected chi connectivity index (χ0v) is 13.7. The SMILES string of the molecule is Cc1cc(C)n(-c2ccc(NC(=O)CCc3ccncc3)cn2)n1. The number of rotatable bonds is 5. The van der Waals surface area contributed by atoms with E-state index in [1.54, 1.807) is 23.3 Å². The number of aryl methyl sites for hydroxylation is 3. The highest BCUT2D eigenvalue weighted by molar-refractivity contribution is 5.90. The molecule has 1 N–H and O–H groups in total. The van der Waals surface area contributed by atoms with E-state index in [1.165, 1.54) is 0 Å². The van der Waals surface area contributed by atoms with E-state index in [-0.39, 0.29) is 5.91 Å². The van der Waals surface area contributed by atoms with Crippen LogP contribution >= 0.6 is 0 Å². The second kappa shape index (κ2) is 7.04. The Labute approximate surface area is 140 Å². The van der Waals surface area contributed by atoms with Gasteiger partial charge in [-0.05, 0) is 56.2 Å². The molecule has 0 saturated carbocycles. The van der Waals surface area contributed by atoms with Crippen LogP contribution < -0.4 is 5.32 Å². The summed E-state index contributed by atoms with van der Waals surface area (Å²) in [5.41, 5.74) is 3.75. The van der Waals surface area contributed by atoms with Gasteiger partial charge in [-0.3, -0.25) is 9.78 Å². The normalized spacial score (nSPS) is 10.6. The summed E-state index contributed by atoms with van der Waals surface area (Å²) in [5, 5.41) is 7.26. The molecular weight excluding hydrogens is 302 g/mol. The van der Waals surface area contributed by atoms with Gasteiger partial charge in [0.15, 0.2) is 5.82 Å². The van der Waals surface area contributed by atoms with Gasteiger partial charge in [-0.15, -0.1) is 0 Å². The lowest BCUT2D eigenvalue weighted by atomic mass is 10.1. The Kier molecular flexibility index (Phi) is 4.65. The van der Waals surface area contributed by atoms with Gasteiger partial charge in [0.1, 0.15) is 0 Å². The molecule has 6 nitrogen and oxygen atoms in total. The van der Waals surface area contributed by atoms with Crippen LogP contribution in [-0.4, -0.2) is 25.7 Å². The molecule has 3 rings (SSSR count). The van der Waals surface area contributed by atoms with Crippen LogP contribution in [0, 0.1) is 13.8 Å². The van der Waals surface area contributed by atoms with E-state index >= 15 is 0 Å². The minimum atomic E-state index is -0.0347. The lowest BCUT2D eigenvalue weighted by Crippen LogP contribution is -2.13. The van der Waals surface area contributed by atoms with Crippen LogP contribution in [0.5, 0.6) is 0 Å². The fourth-order valence-corrected chi connectivity index (χ4v) is 2.48. The number of hydrogen-bond donors (Lipinski definition) is 1. The average molecular weight is 321 g/mol. The third-order valence-corrected chi connectivity index (χ3v) is 3.65. The molecule has 3 aromatic heterocycles. The molecular formula is C18H19N5O. The van der Waals surface area contributed by atoms with Crippen molar-refractivity contribution in [3.63, 3.8) is 0 Å². The molecule has 3 heterocycles. The van der Waals surface area contributed by atoms with E-state index < -0.39 is 0 Å². The van der Waals surface area contributed by atoms with Crippen LogP contribution in [0.4, 0.5) is 5.69 Å². The van der Waals surface area contributed by atoms with Gasteiger partial charge in [-0.1, -0.05) is 0 Å². The van der Waals surface area contributed by atoms with Crippen LogP contribution in [0.25, 0.3) is 5.82 Å². The van der Waals surface area contributed by atoms with Crippen molar-refractivity contribution in [3.8, 4) is 5.82 Å². The van der Waals surface area contributed by atoms with Crippen molar-refractivity contribution in [1.29, 1.82) is 0 Å². The number of amides is 1. The van der Waals surface area contributed by atoms with Crippen molar-refractivity contribution in [2.45, 2.75) is 26.7 Å². The molecule has 0 spiro atoms. The molecule has 0 radical (unpaired) electrons.